The zero-order valence-electron chi connectivity index (χ0n) is 19.3. The van der Waals surface area contributed by atoms with Crippen molar-refractivity contribution in [2.24, 2.45) is 0 Å². The van der Waals surface area contributed by atoms with Crippen LogP contribution in [0.1, 0.15) is 30.7 Å². The fraction of sp³-hybridized carbons (Fsp3) is 0.458. The highest BCUT2D eigenvalue weighted by Crippen LogP contribution is 2.39. The van der Waals surface area contributed by atoms with Gasteiger partial charge in [0.05, 0.1) is 48.2 Å². The normalized spacial score (nSPS) is 16.7. The summed E-state index contributed by atoms with van der Waals surface area (Å²) in [5.41, 5.74) is 5.50. The second kappa shape index (κ2) is 8.09. The third kappa shape index (κ3) is 3.39. The van der Waals surface area contributed by atoms with Crippen molar-refractivity contribution in [3.63, 3.8) is 0 Å². The van der Waals surface area contributed by atoms with E-state index in [-0.39, 0.29) is 6.10 Å². The average Bonchev–Trinajstić information content (AvgIpc) is 3.33. The van der Waals surface area contributed by atoms with E-state index in [2.05, 4.69) is 21.9 Å². The number of hydrogen-bond donors (Lipinski definition) is 0. The van der Waals surface area contributed by atoms with Gasteiger partial charge in [-0.05, 0) is 45.2 Å². The fourth-order valence-electron chi connectivity index (χ4n) is 4.73. The maximum Gasteiger partial charge on any atom is 0.206 e. The highest BCUT2D eigenvalue weighted by molar-refractivity contribution is 6.05. The molecule has 0 saturated carbocycles. The van der Waals surface area contributed by atoms with Crippen LogP contribution in [0.5, 0.6) is 5.75 Å². The third-order valence-electron chi connectivity index (χ3n) is 6.24. The molecule has 0 radical (unpaired) electrons. The molecule has 1 fully saturated rings. The predicted octanol–water partition coefficient (Wildman–Crippen LogP) is 4.50. The van der Waals surface area contributed by atoms with Crippen LogP contribution in [0.3, 0.4) is 0 Å². The molecule has 32 heavy (non-hydrogen) atoms. The maximum atomic E-state index is 6.06. The number of methoxy groups -OCH3 is 1. The van der Waals surface area contributed by atoms with E-state index in [0.29, 0.717) is 0 Å². The van der Waals surface area contributed by atoms with Crippen LogP contribution in [0.2, 0.25) is 0 Å². The molecule has 1 atom stereocenters. The summed E-state index contributed by atoms with van der Waals surface area (Å²) in [6, 6.07) is 4.12. The minimum Gasteiger partial charge on any atom is -0.496 e. The average molecular weight is 436 g/mol. The number of pyridine rings is 1. The Balaban J connectivity index is 1.74. The SMILES string of the molecule is COc1cc2c(cc1-c1c(C)noc1C)ncc1nc(N(C)C)n(CC3CCCCO3)c12. The second-order valence-electron chi connectivity index (χ2n) is 8.67. The number of hydrogen-bond acceptors (Lipinski definition) is 7. The number of rotatable bonds is 5. The van der Waals surface area contributed by atoms with E-state index in [9.17, 15) is 0 Å². The van der Waals surface area contributed by atoms with Gasteiger partial charge >= 0.3 is 0 Å². The number of aryl methyl sites for hydroxylation is 2. The van der Waals surface area contributed by atoms with Crippen molar-refractivity contribution in [1.82, 2.24) is 19.7 Å². The van der Waals surface area contributed by atoms with Gasteiger partial charge in [-0.15, -0.1) is 0 Å². The molecule has 4 heterocycles. The summed E-state index contributed by atoms with van der Waals surface area (Å²) in [7, 11) is 5.73. The summed E-state index contributed by atoms with van der Waals surface area (Å²) in [5, 5.41) is 5.12. The molecule has 8 nitrogen and oxygen atoms in total. The lowest BCUT2D eigenvalue weighted by molar-refractivity contribution is 0.00687. The van der Waals surface area contributed by atoms with Gasteiger partial charge in [-0.2, -0.15) is 0 Å². The van der Waals surface area contributed by atoms with Crippen molar-refractivity contribution in [3.8, 4) is 16.9 Å². The molecule has 4 aromatic rings. The van der Waals surface area contributed by atoms with Crippen molar-refractivity contribution in [3.05, 3.63) is 29.8 Å². The third-order valence-corrected chi connectivity index (χ3v) is 6.24. The van der Waals surface area contributed by atoms with Crippen LogP contribution < -0.4 is 9.64 Å². The Morgan fingerprint density at radius 2 is 2.03 bits per heavy atom. The van der Waals surface area contributed by atoms with Crippen molar-refractivity contribution in [2.45, 2.75) is 45.8 Å². The molecular weight excluding hydrogens is 406 g/mol. The van der Waals surface area contributed by atoms with Crippen LogP contribution in [-0.4, -0.2) is 53.6 Å². The molecule has 0 bridgehead atoms. The number of fused-ring (bicyclic) bond motifs is 3. The molecular formula is C24H29N5O3. The molecule has 1 saturated heterocycles. The van der Waals surface area contributed by atoms with Gasteiger partial charge in [0.2, 0.25) is 5.95 Å². The summed E-state index contributed by atoms with van der Waals surface area (Å²) in [6.45, 7) is 5.44. The van der Waals surface area contributed by atoms with E-state index in [1.807, 2.05) is 39.0 Å². The Bertz CT molecular complexity index is 1260. The maximum absolute atomic E-state index is 6.06. The van der Waals surface area contributed by atoms with Crippen molar-refractivity contribution in [1.29, 1.82) is 0 Å². The zero-order valence-corrected chi connectivity index (χ0v) is 19.3. The lowest BCUT2D eigenvalue weighted by Crippen LogP contribution is -2.26. The number of aromatic nitrogens is 4. The summed E-state index contributed by atoms with van der Waals surface area (Å²) in [4.78, 5) is 11.7. The standard InChI is InChI=1S/C24H29N5O3/c1-14-22(15(2)32-27-14)18-10-19-17(11-21(18)30-5)23-20(12-25-19)26-24(28(3)4)29(23)13-16-8-6-7-9-31-16/h10-12,16H,6-9,13H2,1-5H3. The van der Waals surface area contributed by atoms with E-state index < -0.39 is 0 Å². The van der Waals surface area contributed by atoms with E-state index in [1.165, 1.54) is 6.42 Å². The number of ether oxygens (including phenoxy) is 2. The molecule has 8 heteroatoms. The van der Waals surface area contributed by atoms with E-state index in [4.69, 9.17) is 24.0 Å². The first-order valence-corrected chi connectivity index (χ1v) is 11.1. The quantitative estimate of drug-likeness (QED) is 0.457. The number of benzene rings is 1. The molecule has 0 amide bonds. The summed E-state index contributed by atoms with van der Waals surface area (Å²) >= 11 is 0. The molecule has 1 aliphatic rings. The van der Waals surface area contributed by atoms with E-state index in [0.717, 1.165) is 82.2 Å². The van der Waals surface area contributed by atoms with Crippen molar-refractivity contribution < 1.29 is 14.0 Å². The van der Waals surface area contributed by atoms with E-state index in [1.54, 1.807) is 7.11 Å². The Hall–Kier alpha value is -3.13. The highest BCUT2D eigenvalue weighted by Gasteiger charge is 2.23. The van der Waals surface area contributed by atoms with Gasteiger partial charge in [0, 0.05) is 31.7 Å². The predicted molar refractivity (Wildman–Crippen MR) is 124 cm³/mol. The molecule has 1 unspecified atom stereocenters. The summed E-state index contributed by atoms with van der Waals surface area (Å²) in [5.74, 6) is 2.42. The number of anilines is 1. The van der Waals surface area contributed by atoms with Gasteiger partial charge < -0.3 is 23.5 Å². The van der Waals surface area contributed by atoms with Gasteiger partial charge in [0.25, 0.3) is 0 Å². The van der Waals surface area contributed by atoms with Gasteiger partial charge in [-0.3, -0.25) is 4.98 Å². The first-order chi connectivity index (χ1) is 15.5. The minimum absolute atomic E-state index is 0.187. The van der Waals surface area contributed by atoms with Crippen LogP contribution in [-0.2, 0) is 11.3 Å². The number of nitrogens with zero attached hydrogens (tertiary/aromatic N) is 5. The van der Waals surface area contributed by atoms with Gasteiger partial charge in [-0.25, -0.2) is 4.98 Å². The lowest BCUT2D eigenvalue weighted by Gasteiger charge is -2.25. The van der Waals surface area contributed by atoms with Crippen molar-refractivity contribution >= 4 is 27.9 Å². The highest BCUT2D eigenvalue weighted by atomic mass is 16.5. The molecule has 0 aliphatic carbocycles. The van der Waals surface area contributed by atoms with Crippen molar-refractivity contribution in [2.75, 3.05) is 32.7 Å². The molecule has 5 rings (SSSR count). The smallest absolute Gasteiger partial charge is 0.206 e. The largest absolute Gasteiger partial charge is 0.496 e. The molecule has 1 aliphatic heterocycles. The summed E-state index contributed by atoms with van der Waals surface area (Å²) < 4.78 is 19.6. The minimum atomic E-state index is 0.187. The second-order valence-corrected chi connectivity index (χ2v) is 8.67. The summed E-state index contributed by atoms with van der Waals surface area (Å²) in [6.07, 6.45) is 5.44. The molecule has 168 valence electrons. The molecule has 0 spiro atoms. The topological polar surface area (TPSA) is 78.4 Å². The Morgan fingerprint density at radius 3 is 2.69 bits per heavy atom. The fourth-order valence-corrected chi connectivity index (χ4v) is 4.73. The Kier molecular flexibility index (Phi) is 5.25. The first-order valence-electron chi connectivity index (χ1n) is 11.1. The van der Waals surface area contributed by atoms with Crippen LogP contribution >= 0.6 is 0 Å². The van der Waals surface area contributed by atoms with Gasteiger partial charge in [-0.1, -0.05) is 5.16 Å². The van der Waals surface area contributed by atoms with Crippen LogP contribution in [0.15, 0.2) is 22.9 Å². The molecule has 1 aromatic carbocycles. The Morgan fingerprint density at radius 1 is 1.19 bits per heavy atom. The van der Waals surface area contributed by atoms with Crippen LogP contribution in [0, 0.1) is 13.8 Å². The number of imidazole rings is 1. The first kappa shape index (κ1) is 20.8. The monoisotopic (exact) mass is 435 g/mol. The lowest BCUT2D eigenvalue weighted by atomic mass is 10.0. The van der Waals surface area contributed by atoms with Gasteiger partial charge in [0.1, 0.15) is 17.0 Å². The zero-order chi connectivity index (χ0) is 22.4. The molecule has 0 N–H and O–H groups in total. The van der Waals surface area contributed by atoms with Crippen LogP contribution in [0.4, 0.5) is 5.95 Å². The van der Waals surface area contributed by atoms with Gasteiger partial charge in [0.15, 0.2) is 0 Å². The van der Waals surface area contributed by atoms with E-state index >= 15 is 0 Å². The molecule has 3 aromatic heterocycles. The Labute approximate surface area is 187 Å². The van der Waals surface area contributed by atoms with Crippen LogP contribution in [0.25, 0.3) is 33.1 Å².